The molecular weight excluding hydrogens is 264 g/mol. The summed E-state index contributed by atoms with van der Waals surface area (Å²) in [4.78, 5) is 27.6. The van der Waals surface area contributed by atoms with E-state index in [0.29, 0.717) is 11.8 Å². The summed E-state index contributed by atoms with van der Waals surface area (Å²) in [6, 6.07) is -0.230. The first kappa shape index (κ1) is 16.3. The van der Waals surface area contributed by atoms with Gasteiger partial charge in [-0.25, -0.2) is 0 Å². The van der Waals surface area contributed by atoms with E-state index < -0.39 is 5.54 Å². The topological polar surface area (TPSA) is 49.4 Å². The molecule has 1 aliphatic heterocycles. The maximum atomic E-state index is 13.1. The zero-order valence-electron chi connectivity index (χ0n) is 14.3. The van der Waals surface area contributed by atoms with Crippen molar-refractivity contribution in [3.05, 3.63) is 0 Å². The molecule has 0 aromatic heterocycles. The fourth-order valence-electron chi connectivity index (χ4n) is 3.74. The second kappa shape index (κ2) is 5.62. The first-order valence-corrected chi connectivity index (χ1v) is 8.33. The van der Waals surface area contributed by atoms with Crippen LogP contribution in [0.2, 0.25) is 0 Å². The predicted molar refractivity (Wildman–Crippen MR) is 83.7 cm³/mol. The Hall–Kier alpha value is -1.06. The van der Waals surface area contributed by atoms with Crippen LogP contribution in [0.1, 0.15) is 60.8 Å². The van der Waals surface area contributed by atoms with Crippen molar-refractivity contribution in [2.45, 2.75) is 78.4 Å². The lowest BCUT2D eigenvalue weighted by molar-refractivity contribution is -0.160. The van der Waals surface area contributed by atoms with Gasteiger partial charge in [0.15, 0.2) is 0 Å². The molecule has 1 heterocycles. The lowest BCUT2D eigenvalue weighted by Crippen LogP contribution is -2.72. The summed E-state index contributed by atoms with van der Waals surface area (Å²) in [5.41, 5.74) is -0.687. The zero-order chi connectivity index (χ0) is 15.9. The number of carbonyl (C=O) groups is 2. The second-order valence-electron chi connectivity index (χ2n) is 7.85. The lowest BCUT2D eigenvalue weighted by atomic mass is 9.85. The fraction of sp³-hybridized carbons (Fsp3) is 0.882. The van der Waals surface area contributed by atoms with E-state index in [2.05, 4.69) is 26.1 Å². The van der Waals surface area contributed by atoms with Gasteiger partial charge in [0.05, 0.1) is 0 Å². The molecule has 120 valence electrons. The third-order valence-electron chi connectivity index (χ3n) is 4.94. The number of rotatable bonds is 5. The van der Waals surface area contributed by atoms with E-state index in [9.17, 15) is 9.59 Å². The van der Waals surface area contributed by atoms with E-state index in [1.165, 1.54) is 0 Å². The number of nitrogens with one attached hydrogen (secondary N) is 1. The van der Waals surface area contributed by atoms with Gasteiger partial charge in [0.1, 0.15) is 11.6 Å². The highest BCUT2D eigenvalue weighted by atomic mass is 16.2. The molecule has 1 saturated heterocycles. The van der Waals surface area contributed by atoms with Gasteiger partial charge in [0.2, 0.25) is 11.8 Å². The van der Waals surface area contributed by atoms with Crippen LogP contribution in [0.25, 0.3) is 0 Å². The smallest absolute Gasteiger partial charge is 0.249 e. The van der Waals surface area contributed by atoms with Crippen LogP contribution in [0.3, 0.4) is 0 Å². The van der Waals surface area contributed by atoms with Gasteiger partial charge in [0.25, 0.3) is 0 Å². The Morgan fingerprint density at radius 2 is 1.76 bits per heavy atom. The molecule has 2 fully saturated rings. The van der Waals surface area contributed by atoms with E-state index in [1.807, 2.05) is 25.7 Å². The Balaban J connectivity index is 2.32. The van der Waals surface area contributed by atoms with Crippen LogP contribution in [-0.2, 0) is 9.59 Å². The molecule has 21 heavy (non-hydrogen) atoms. The van der Waals surface area contributed by atoms with Crippen LogP contribution in [0.4, 0.5) is 0 Å². The summed E-state index contributed by atoms with van der Waals surface area (Å²) in [6.45, 7) is 12.4. The quantitative estimate of drug-likeness (QED) is 0.847. The lowest BCUT2D eigenvalue weighted by Gasteiger charge is -2.49. The molecule has 1 N–H and O–H groups in total. The second-order valence-corrected chi connectivity index (χ2v) is 7.85. The van der Waals surface area contributed by atoms with Crippen molar-refractivity contribution < 1.29 is 9.59 Å². The minimum Gasteiger partial charge on any atom is -0.340 e. The summed E-state index contributed by atoms with van der Waals surface area (Å²) < 4.78 is 0. The average Bonchev–Trinajstić information content (AvgIpc) is 3.15. The van der Waals surface area contributed by atoms with Crippen LogP contribution in [0.5, 0.6) is 0 Å². The van der Waals surface area contributed by atoms with Crippen molar-refractivity contribution in [3.8, 4) is 0 Å². The van der Waals surface area contributed by atoms with Crippen molar-refractivity contribution in [2.75, 3.05) is 0 Å². The Kier molecular flexibility index (Phi) is 4.36. The van der Waals surface area contributed by atoms with Gasteiger partial charge in [0, 0.05) is 6.04 Å². The van der Waals surface area contributed by atoms with Gasteiger partial charge in [-0.3, -0.25) is 9.59 Å². The molecule has 1 aliphatic carbocycles. The van der Waals surface area contributed by atoms with Gasteiger partial charge in [-0.15, -0.1) is 0 Å². The fourth-order valence-corrected chi connectivity index (χ4v) is 3.74. The number of carbonyl (C=O) groups excluding carboxylic acids is 2. The molecule has 0 radical (unpaired) electrons. The molecule has 0 spiro atoms. The molecule has 3 unspecified atom stereocenters. The highest BCUT2D eigenvalue weighted by Gasteiger charge is 2.56. The van der Waals surface area contributed by atoms with E-state index in [1.54, 1.807) is 0 Å². The molecule has 0 aromatic rings. The maximum absolute atomic E-state index is 13.1. The molecule has 4 nitrogen and oxygen atoms in total. The van der Waals surface area contributed by atoms with E-state index in [4.69, 9.17) is 0 Å². The molecule has 0 aromatic carbocycles. The largest absolute Gasteiger partial charge is 0.340 e. The molecule has 1 saturated carbocycles. The van der Waals surface area contributed by atoms with Crippen LogP contribution >= 0.6 is 0 Å². The van der Waals surface area contributed by atoms with Gasteiger partial charge >= 0.3 is 0 Å². The Morgan fingerprint density at radius 1 is 1.19 bits per heavy atom. The maximum Gasteiger partial charge on any atom is 0.249 e. The van der Waals surface area contributed by atoms with Gasteiger partial charge in [-0.2, -0.15) is 0 Å². The van der Waals surface area contributed by atoms with E-state index >= 15 is 0 Å². The first-order valence-electron chi connectivity index (χ1n) is 8.33. The summed E-state index contributed by atoms with van der Waals surface area (Å²) >= 11 is 0. The Bertz CT molecular complexity index is 429. The number of hydrogen-bond acceptors (Lipinski definition) is 2. The number of piperazine rings is 1. The summed E-state index contributed by atoms with van der Waals surface area (Å²) in [5.74, 6) is 1.10. The Morgan fingerprint density at radius 3 is 2.19 bits per heavy atom. The molecule has 4 heteroatoms. The summed E-state index contributed by atoms with van der Waals surface area (Å²) in [7, 11) is 0. The van der Waals surface area contributed by atoms with Crippen molar-refractivity contribution in [1.29, 1.82) is 0 Å². The number of hydrogen-bond donors (Lipinski definition) is 1. The molecule has 0 bridgehead atoms. The molecule has 3 atom stereocenters. The van der Waals surface area contributed by atoms with Crippen molar-refractivity contribution in [3.63, 3.8) is 0 Å². The molecular formula is C17H30N2O2. The van der Waals surface area contributed by atoms with Crippen LogP contribution in [0, 0.1) is 17.8 Å². The van der Waals surface area contributed by atoms with Crippen molar-refractivity contribution >= 4 is 11.8 Å². The number of amides is 2. The number of nitrogens with zero attached hydrogens (tertiary/aromatic N) is 1. The van der Waals surface area contributed by atoms with Gasteiger partial charge in [-0.1, -0.05) is 27.7 Å². The molecule has 2 aliphatic rings. The minimum atomic E-state index is -0.687. The summed E-state index contributed by atoms with van der Waals surface area (Å²) in [6.07, 6.45) is 3.02. The summed E-state index contributed by atoms with van der Waals surface area (Å²) in [5, 5.41) is 3.04. The van der Waals surface area contributed by atoms with Crippen LogP contribution in [0.15, 0.2) is 0 Å². The average molecular weight is 294 g/mol. The highest BCUT2D eigenvalue weighted by Crippen LogP contribution is 2.43. The third kappa shape index (κ3) is 2.95. The molecule has 2 rings (SSSR count). The van der Waals surface area contributed by atoms with Gasteiger partial charge < -0.3 is 10.2 Å². The van der Waals surface area contributed by atoms with Crippen molar-refractivity contribution in [2.24, 2.45) is 17.8 Å². The van der Waals surface area contributed by atoms with Gasteiger partial charge in [-0.05, 0) is 50.9 Å². The minimum absolute atomic E-state index is 0.0228. The third-order valence-corrected chi connectivity index (χ3v) is 4.94. The standard InChI is InChI=1S/C17H30N2O2/c1-10(2)9-12(5)19-14(11(3)4)15(20)18-17(6,16(19)21)13-7-8-13/h10-14H,7-9H2,1-6H3,(H,18,20). The van der Waals surface area contributed by atoms with E-state index in [0.717, 1.165) is 19.3 Å². The first-order chi connectivity index (χ1) is 9.68. The van der Waals surface area contributed by atoms with Crippen LogP contribution in [-0.4, -0.2) is 34.3 Å². The highest BCUT2D eigenvalue weighted by molar-refractivity contribution is 6.00. The van der Waals surface area contributed by atoms with Crippen molar-refractivity contribution in [1.82, 2.24) is 10.2 Å². The SMILES string of the molecule is CC(C)CC(C)N1C(=O)C(C)(C2CC2)NC(=O)C1C(C)C. The van der Waals surface area contributed by atoms with Crippen LogP contribution < -0.4 is 5.32 Å². The monoisotopic (exact) mass is 294 g/mol. The van der Waals surface area contributed by atoms with E-state index in [-0.39, 0.29) is 29.8 Å². The Labute approximate surface area is 128 Å². The predicted octanol–water partition coefficient (Wildman–Crippen LogP) is 2.57. The normalized spacial score (nSPS) is 31.8. The molecule has 2 amide bonds. The zero-order valence-corrected chi connectivity index (χ0v) is 14.3.